The van der Waals surface area contributed by atoms with Gasteiger partial charge in [-0.15, -0.1) is 0 Å². The van der Waals surface area contributed by atoms with E-state index in [1.54, 1.807) is 41.1 Å². The average molecular weight is 341 g/mol. The van der Waals surface area contributed by atoms with E-state index in [2.05, 4.69) is 25.8 Å². The fraction of sp³-hybridized carbons (Fsp3) is 0.250. The molecule has 0 saturated carbocycles. The first-order valence-corrected chi connectivity index (χ1v) is 7.73. The molecule has 2 amide bonds. The summed E-state index contributed by atoms with van der Waals surface area (Å²) in [5.74, 6) is 1.15. The number of anilines is 2. The lowest BCUT2D eigenvalue weighted by molar-refractivity contribution is 0.183. The smallest absolute Gasteiger partial charge is 0.324 e. The van der Waals surface area contributed by atoms with Crippen molar-refractivity contribution in [2.24, 2.45) is 0 Å². The second kappa shape index (κ2) is 7.58. The van der Waals surface area contributed by atoms with Gasteiger partial charge in [-0.25, -0.2) is 9.78 Å². The largest absolute Gasteiger partial charge is 0.383 e. The van der Waals surface area contributed by atoms with Gasteiger partial charge >= 0.3 is 6.03 Å². The predicted octanol–water partition coefficient (Wildman–Crippen LogP) is 2.06. The molecule has 25 heavy (non-hydrogen) atoms. The van der Waals surface area contributed by atoms with Gasteiger partial charge in [0.05, 0.1) is 30.7 Å². The lowest BCUT2D eigenvalue weighted by Crippen LogP contribution is -2.21. The Balaban J connectivity index is 1.68. The van der Waals surface area contributed by atoms with Crippen LogP contribution in [0.2, 0.25) is 0 Å². The molecule has 0 atom stereocenters. The number of hydrogen-bond donors (Lipinski definition) is 2. The van der Waals surface area contributed by atoms with Crippen molar-refractivity contribution in [3.05, 3.63) is 48.5 Å². The number of urea groups is 1. The highest BCUT2D eigenvalue weighted by Gasteiger charge is 2.12. The van der Waals surface area contributed by atoms with Gasteiger partial charge in [0, 0.05) is 25.6 Å². The molecule has 0 aliphatic heterocycles. The minimum atomic E-state index is -0.386. The predicted molar refractivity (Wildman–Crippen MR) is 92.8 cm³/mol. The van der Waals surface area contributed by atoms with Crippen LogP contribution in [0.25, 0.3) is 5.82 Å². The number of carbonyl (C=O) groups excluding carboxylic acids is 1. The summed E-state index contributed by atoms with van der Waals surface area (Å²) in [7, 11) is 1.63. The molecule has 0 unspecified atom stereocenters. The van der Waals surface area contributed by atoms with Crippen LogP contribution in [-0.4, -0.2) is 44.3 Å². The fourth-order valence-electron chi connectivity index (χ4n) is 2.26. The zero-order valence-corrected chi connectivity index (χ0v) is 14.0. The topological polar surface area (TPSA) is 98.9 Å². The highest BCUT2D eigenvalue weighted by molar-refractivity contribution is 5.99. The van der Waals surface area contributed by atoms with Crippen molar-refractivity contribution in [2.45, 2.75) is 13.5 Å². The monoisotopic (exact) mass is 341 g/mol. The van der Waals surface area contributed by atoms with E-state index < -0.39 is 0 Å². The number of ether oxygens (including phenoxy) is 1. The van der Waals surface area contributed by atoms with Gasteiger partial charge in [0.2, 0.25) is 0 Å². The van der Waals surface area contributed by atoms with E-state index in [9.17, 15) is 4.79 Å². The first kappa shape index (κ1) is 16.7. The number of methoxy groups -OCH3 is 1. The molecule has 3 aromatic heterocycles. The summed E-state index contributed by atoms with van der Waals surface area (Å²) >= 11 is 0. The van der Waals surface area contributed by atoms with Crippen molar-refractivity contribution in [1.29, 1.82) is 0 Å². The third-order valence-electron chi connectivity index (χ3n) is 3.36. The van der Waals surface area contributed by atoms with Crippen LogP contribution in [0.1, 0.15) is 5.69 Å². The Morgan fingerprint density at radius 3 is 2.96 bits per heavy atom. The Labute approximate surface area is 144 Å². The zero-order chi connectivity index (χ0) is 17.6. The molecule has 0 saturated heterocycles. The van der Waals surface area contributed by atoms with Crippen LogP contribution in [-0.2, 0) is 11.3 Å². The van der Waals surface area contributed by atoms with Crippen LogP contribution < -0.4 is 10.6 Å². The van der Waals surface area contributed by atoms with Crippen molar-refractivity contribution in [3.8, 4) is 5.82 Å². The standard InChI is InChI=1S/C16H19N7O2/c1-12-9-15(23(21-12)14-5-3-4-6-17-14)20-16(24)19-13-10-18-22(11-13)7-8-25-2/h3-6,9-11H,7-8H2,1-2H3,(H2,19,20,24). The molecule has 0 spiro atoms. The maximum absolute atomic E-state index is 12.3. The van der Waals surface area contributed by atoms with Gasteiger partial charge in [-0.05, 0) is 19.1 Å². The molecule has 130 valence electrons. The molecular weight excluding hydrogens is 322 g/mol. The van der Waals surface area contributed by atoms with E-state index >= 15 is 0 Å². The number of rotatable bonds is 6. The van der Waals surface area contributed by atoms with Crippen LogP contribution in [0.3, 0.4) is 0 Å². The molecule has 9 heteroatoms. The highest BCUT2D eigenvalue weighted by atomic mass is 16.5. The van der Waals surface area contributed by atoms with Gasteiger partial charge < -0.3 is 10.1 Å². The summed E-state index contributed by atoms with van der Waals surface area (Å²) in [4.78, 5) is 16.5. The van der Waals surface area contributed by atoms with Crippen molar-refractivity contribution >= 4 is 17.5 Å². The summed E-state index contributed by atoms with van der Waals surface area (Å²) in [6, 6.07) is 6.88. The number of carbonyl (C=O) groups is 1. The molecular formula is C16H19N7O2. The Bertz CT molecular complexity index is 841. The van der Waals surface area contributed by atoms with Crippen molar-refractivity contribution in [3.63, 3.8) is 0 Å². The SMILES string of the molecule is COCCn1cc(NC(=O)Nc2cc(C)nn2-c2ccccn2)cn1. The van der Waals surface area contributed by atoms with Crippen molar-refractivity contribution in [2.75, 3.05) is 24.4 Å². The Hall–Kier alpha value is -3.20. The second-order valence-corrected chi connectivity index (χ2v) is 5.33. The molecule has 3 aromatic rings. The summed E-state index contributed by atoms with van der Waals surface area (Å²) < 4.78 is 8.27. The minimum Gasteiger partial charge on any atom is -0.383 e. The van der Waals surface area contributed by atoms with E-state index in [4.69, 9.17) is 4.74 Å². The summed E-state index contributed by atoms with van der Waals surface area (Å²) in [6.07, 6.45) is 4.99. The first-order chi connectivity index (χ1) is 12.2. The molecule has 0 bridgehead atoms. The van der Waals surface area contributed by atoms with Crippen LogP contribution in [0.15, 0.2) is 42.9 Å². The van der Waals surface area contributed by atoms with E-state index in [1.165, 1.54) is 0 Å². The number of aromatic nitrogens is 5. The third kappa shape index (κ3) is 4.21. The first-order valence-electron chi connectivity index (χ1n) is 7.73. The van der Waals surface area contributed by atoms with Crippen LogP contribution in [0.5, 0.6) is 0 Å². The molecule has 9 nitrogen and oxygen atoms in total. The molecule has 3 rings (SSSR count). The molecule has 0 radical (unpaired) electrons. The molecule has 0 aliphatic rings. The maximum Gasteiger partial charge on any atom is 0.324 e. The molecule has 3 heterocycles. The number of hydrogen-bond acceptors (Lipinski definition) is 5. The number of pyridine rings is 1. The number of amides is 2. The van der Waals surface area contributed by atoms with E-state index in [0.717, 1.165) is 5.69 Å². The van der Waals surface area contributed by atoms with Gasteiger partial charge in [-0.2, -0.15) is 14.9 Å². The Kier molecular flexibility index (Phi) is 5.05. The maximum atomic E-state index is 12.3. The Morgan fingerprint density at radius 1 is 1.32 bits per heavy atom. The van der Waals surface area contributed by atoms with E-state index in [1.807, 2.05) is 25.1 Å². The molecule has 0 aliphatic carbocycles. The Morgan fingerprint density at radius 2 is 2.20 bits per heavy atom. The second-order valence-electron chi connectivity index (χ2n) is 5.33. The van der Waals surface area contributed by atoms with E-state index in [-0.39, 0.29) is 6.03 Å². The van der Waals surface area contributed by atoms with Gasteiger partial charge in [0.15, 0.2) is 5.82 Å². The van der Waals surface area contributed by atoms with Crippen LogP contribution in [0.4, 0.5) is 16.3 Å². The van der Waals surface area contributed by atoms with Gasteiger partial charge in [0.1, 0.15) is 5.82 Å². The minimum absolute atomic E-state index is 0.386. The van der Waals surface area contributed by atoms with Gasteiger partial charge in [-0.3, -0.25) is 10.00 Å². The molecule has 2 N–H and O–H groups in total. The lowest BCUT2D eigenvalue weighted by atomic mass is 10.4. The zero-order valence-electron chi connectivity index (χ0n) is 14.0. The number of aryl methyl sites for hydroxylation is 1. The van der Waals surface area contributed by atoms with Crippen LogP contribution in [0, 0.1) is 6.92 Å². The third-order valence-corrected chi connectivity index (χ3v) is 3.36. The number of nitrogens with zero attached hydrogens (tertiary/aromatic N) is 5. The normalized spacial score (nSPS) is 10.6. The summed E-state index contributed by atoms with van der Waals surface area (Å²) in [5, 5.41) is 14.0. The number of nitrogens with one attached hydrogen (secondary N) is 2. The fourth-order valence-corrected chi connectivity index (χ4v) is 2.26. The van der Waals surface area contributed by atoms with E-state index in [0.29, 0.717) is 30.5 Å². The summed E-state index contributed by atoms with van der Waals surface area (Å²) in [6.45, 7) is 3.02. The lowest BCUT2D eigenvalue weighted by Gasteiger charge is -2.08. The van der Waals surface area contributed by atoms with Gasteiger partial charge in [-0.1, -0.05) is 6.07 Å². The average Bonchev–Trinajstić information content (AvgIpc) is 3.20. The summed E-state index contributed by atoms with van der Waals surface area (Å²) in [5.41, 5.74) is 1.36. The van der Waals surface area contributed by atoms with Gasteiger partial charge in [0.25, 0.3) is 0 Å². The highest BCUT2D eigenvalue weighted by Crippen LogP contribution is 2.15. The molecule has 0 fully saturated rings. The van der Waals surface area contributed by atoms with Crippen molar-refractivity contribution in [1.82, 2.24) is 24.5 Å². The van der Waals surface area contributed by atoms with Crippen molar-refractivity contribution < 1.29 is 9.53 Å². The quantitative estimate of drug-likeness (QED) is 0.715. The van der Waals surface area contributed by atoms with Crippen LogP contribution >= 0.6 is 0 Å². The molecule has 0 aromatic carbocycles.